The van der Waals surface area contributed by atoms with E-state index in [4.69, 9.17) is 4.74 Å². The molecule has 0 atom stereocenters. The van der Waals surface area contributed by atoms with Crippen molar-refractivity contribution >= 4 is 6.09 Å². The molecule has 1 N–H and O–H groups in total. The third kappa shape index (κ3) is 4.51. The first kappa shape index (κ1) is 12.3. The summed E-state index contributed by atoms with van der Waals surface area (Å²) in [5.74, 6) is 0. The number of carbonyl (C=O) groups is 1. The minimum Gasteiger partial charge on any atom is -0.443 e. The van der Waals surface area contributed by atoms with E-state index in [1.165, 1.54) is 0 Å². The zero-order chi connectivity index (χ0) is 11.7. The van der Waals surface area contributed by atoms with E-state index in [2.05, 4.69) is 19.3 Å². The van der Waals surface area contributed by atoms with Crippen molar-refractivity contribution in [3.8, 4) is 0 Å². The third-order valence-electron chi connectivity index (χ3n) is 2.33. The largest absolute Gasteiger partial charge is 0.443 e. The van der Waals surface area contributed by atoms with Crippen LogP contribution < -0.4 is 5.43 Å². The molecule has 0 spiro atoms. The highest BCUT2D eigenvalue weighted by Crippen LogP contribution is 2.27. The quantitative estimate of drug-likeness (QED) is 0.727. The number of nitrogens with zero attached hydrogens (tertiary/aromatic N) is 1. The molecule has 1 rings (SSSR count). The first-order chi connectivity index (χ1) is 6.68. The van der Waals surface area contributed by atoms with Gasteiger partial charge in [-0.25, -0.2) is 9.80 Å². The van der Waals surface area contributed by atoms with Crippen molar-refractivity contribution in [1.82, 2.24) is 10.4 Å². The fourth-order valence-electron chi connectivity index (χ4n) is 1.64. The van der Waals surface area contributed by atoms with Crippen LogP contribution in [-0.4, -0.2) is 29.8 Å². The smallest absolute Gasteiger partial charge is 0.422 e. The second-order valence-electron chi connectivity index (χ2n) is 5.95. The SMILES string of the molecule is CC1(C)CCN(NC(=O)OC(C)(C)C)C1. The van der Waals surface area contributed by atoms with Gasteiger partial charge in [0.2, 0.25) is 0 Å². The van der Waals surface area contributed by atoms with Gasteiger partial charge >= 0.3 is 6.09 Å². The van der Waals surface area contributed by atoms with E-state index < -0.39 is 5.60 Å². The zero-order valence-electron chi connectivity index (χ0n) is 10.4. The molecular weight excluding hydrogens is 192 g/mol. The fourth-order valence-corrected chi connectivity index (χ4v) is 1.64. The number of amides is 1. The summed E-state index contributed by atoms with van der Waals surface area (Å²) in [6.45, 7) is 11.8. The molecule has 1 amide bonds. The monoisotopic (exact) mass is 214 g/mol. The Bertz CT molecular complexity index is 243. The standard InChI is InChI=1S/C11H22N2O2/c1-10(2,3)15-9(14)12-13-7-6-11(4,5)8-13/h6-8H2,1-5H3,(H,12,14). The van der Waals surface area contributed by atoms with Crippen LogP contribution in [0.5, 0.6) is 0 Å². The molecule has 0 aliphatic carbocycles. The molecule has 0 unspecified atom stereocenters. The van der Waals surface area contributed by atoms with Crippen LogP contribution in [0.15, 0.2) is 0 Å². The Morgan fingerprint density at radius 2 is 2.00 bits per heavy atom. The van der Waals surface area contributed by atoms with Crippen molar-refractivity contribution in [2.24, 2.45) is 5.41 Å². The molecule has 0 saturated carbocycles. The molecule has 1 aliphatic rings. The summed E-state index contributed by atoms with van der Waals surface area (Å²) in [4.78, 5) is 11.5. The highest BCUT2D eigenvalue weighted by molar-refractivity contribution is 5.67. The van der Waals surface area contributed by atoms with Crippen molar-refractivity contribution in [3.05, 3.63) is 0 Å². The van der Waals surface area contributed by atoms with Crippen molar-refractivity contribution in [3.63, 3.8) is 0 Å². The van der Waals surface area contributed by atoms with Gasteiger partial charge in [0.15, 0.2) is 0 Å². The predicted octanol–water partition coefficient (Wildman–Crippen LogP) is 2.16. The average Bonchev–Trinajstić information content (AvgIpc) is 2.25. The highest BCUT2D eigenvalue weighted by atomic mass is 16.6. The lowest BCUT2D eigenvalue weighted by molar-refractivity contribution is 0.0354. The molecule has 1 heterocycles. The normalized spacial score (nSPS) is 21.4. The van der Waals surface area contributed by atoms with Gasteiger partial charge < -0.3 is 4.74 Å². The van der Waals surface area contributed by atoms with Gasteiger partial charge in [0.05, 0.1) is 0 Å². The molecule has 1 saturated heterocycles. The minimum absolute atomic E-state index is 0.287. The third-order valence-corrected chi connectivity index (χ3v) is 2.33. The number of rotatable bonds is 1. The van der Waals surface area contributed by atoms with Crippen molar-refractivity contribution in [1.29, 1.82) is 0 Å². The van der Waals surface area contributed by atoms with Crippen LogP contribution in [0.3, 0.4) is 0 Å². The summed E-state index contributed by atoms with van der Waals surface area (Å²) in [5, 5.41) is 1.92. The molecule has 1 fully saturated rings. The average molecular weight is 214 g/mol. The van der Waals surface area contributed by atoms with Crippen molar-refractivity contribution in [2.45, 2.75) is 46.6 Å². The Labute approximate surface area is 91.9 Å². The molecule has 0 radical (unpaired) electrons. The van der Waals surface area contributed by atoms with E-state index in [9.17, 15) is 4.79 Å². The van der Waals surface area contributed by atoms with Gasteiger partial charge in [-0.3, -0.25) is 5.43 Å². The van der Waals surface area contributed by atoms with Crippen molar-refractivity contribution < 1.29 is 9.53 Å². The molecule has 4 nitrogen and oxygen atoms in total. The van der Waals surface area contributed by atoms with Gasteiger partial charge in [0.1, 0.15) is 5.60 Å². The number of hydrogen-bond acceptors (Lipinski definition) is 3. The summed E-state index contributed by atoms with van der Waals surface area (Å²) in [6, 6.07) is 0. The van der Waals surface area contributed by atoms with E-state index in [1.54, 1.807) is 0 Å². The van der Waals surface area contributed by atoms with Gasteiger partial charge in [-0.1, -0.05) is 13.8 Å². The molecular formula is C11H22N2O2. The molecule has 15 heavy (non-hydrogen) atoms. The zero-order valence-corrected chi connectivity index (χ0v) is 10.4. The molecule has 0 aromatic carbocycles. The maximum atomic E-state index is 11.5. The Kier molecular flexibility index (Phi) is 3.28. The Morgan fingerprint density at radius 1 is 1.40 bits per heavy atom. The highest BCUT2D eigenvalue weighted by Gasteiger charge is 2.30. The summed E-state index contributed by atoms with van der Waals surface area (Å²) in [7, 11) is 0. The number of hydrogen-bond donors (Lipinski definition) is 1. The van der Waals surface area contributed by atoms with Crippen LogP contribution in [0, 0.1) is 5.41 Å². The van der Waals surface area contributed by atoms with E-state index in [1.807, 2.05) is 25.8 Å². The maximum Gasteiger partial charge on any atom is 0.422 e. The molecule has 0 bridgehead atoms. The summed E-state index contributed by atoms with van der Waals surface area (Å²) < 4.78 is 5.18. The van der Waals surface area contributed by atoms with E-state index in [0.717, 1.165) is 19.5 Å². The van der Waals surface area contributed by atoms with Crippen LogP contribution in [0.1, 0.15) is 41.0 Å². The van der Waals surface area contributed by atoms with E-state index in [0.29, 0.717) is 0 Å². The number of hydrazine groups is 1. The lowest BCUT2D eigenvalue weighted by Gasteiger charge is -2.24. The second-order valence-corrected chi connectivity index (χ2v) is 5.95. The van der Waals surface area contributed by atoms with Crippen LogP contribution in [0.2, 0.25) is 0 Å². The molecule has 0 aromatic heterocycles. The maximum absolute atomic E-state index is 11.5. The fraction of sp³-hybridized carbons (Fsp3) is 0.909. The number of nitrogens with one attached hydrogen (secondary N) is 1. The van der Waals surface area contributed by atoms with Crippen LogP contribution in [0.25, 0.3) is 0 Å². The Morgan fingerprint density at radius 3 is 2.40 bits per heavy atom. The van der Waals surface area contributed by atoms with Gasteiger partial charge in [0, 0.05) is 13.1 Å². The lowest BCUT2D eigenvalue weighted by atomic mass is 9.93. The lowest BCUT2D eigenvalue weighted by Crippen LogP contribution is -2.43. The first-order valence-corrected chi connectivity index (χ1v) is 5.43. The van der Waals surface area contributed by atoms with Crippen LogP contribution in [0.4, 0.5) is 4.79 Å². The molecule has 1 aliphatic heterocycles. The van der Waals surface area contributed by atoms with Gasteiger partial charge in [-0.2, -0.15) is 0 Å². The molecule has 4 heteroatoms. The van der Waals surface area contributed by atoms with Crippen LogP contribution >= 0.6 is 0 Å². The van der Waals surface area contributed by atoms with Gasteiger partial charge in [0.25, 0.3) is 0 Å². The number of carbonyl (C=O) groups excluding carboxylic acids is 1. The Balaban J connectivity index is 2.34. The summed E-state index contributed by atoms with van der Waals surface area (Å²) >= 11 is 0. The van der Waals surface area contributed by atoms with Crippen molar-refractivity contribution in [2.75, 3.05) is 13.1 Å². The van der Waals surface area contributed by atoms with Gasteiger partial charge in [-0.15, -0.1) is 0 Å². The molecule has 0 aromatic rings. The predicted molar refractivity (Wildman–Crippen MR) is 59.3 cm³/mol. The summed E-state index contributed by atoms with van der Waals surface area (Å²) in [6.07, 6.45) is 0.739. The van der Waals surface area contributed by atoms with E-state index in [-0.39, 0.29) is 11.5 Å². The first-order valence-electron chi connectivity index (χ1n) is 5.43. The Hall–Kier alpha value is -0.770. The summed E-state index contributed by atoms with van der Waals surface area (Å²) in [5.41, 5.74) is 2.62. The van der Waals surface area contributed by atoms with Gasteiger partial charge in [-0.05, 0) is 32.6 Å². The van der Waals surface area contributed by atoms with E-state index >= 15 is 0 Å². The molecule has 88 valence electrons. The number of ether oxygens (including phenoxy) is 1. The topological polar surface area (TPSA) is 41.6 Å². The van der Waals surface area contributed by atoms with Crippen LogP contribution in [-0.2, 0) is 4.74 Å². The minimum atomic E-state index is -0.431. The second kappa shape index (κ2) is 4.00.